The summed E-state index contributed by atoms with van der Waals surface area (Å²) in [6.07, 6.45) is 6.54. The van der Waals surface area contributed by atoms with Crippen LogP contribution in [0, 0.1) is 41.1 Å². The molecule has 32 heavy (non-hydrogen) atoms. The zero-order chi connectivity index (χ0) is 23.1. The summed E-state index contributed by atoms with van der Waals surface area (Å²) in [5.74, 6) is 3.86. The topological polar surface area (TPSA) is 9.23 Å². The SMILES string of the molecule is CCCc1cc(F)c(C#CC2CCC(CCc3ccc(OC(F)F)c(F)c3)CC2)c(F)c1. The molecule has 1 fully saturated rings. The van der Waals surface area contributed by atoms with Gasteiger partial charge in [0.2, 0.25) is 0 Å². The molecule has 0 unspecified atom stereocenters. The summed E-state index contributed by atoms with van der Waals surface area (Å²) < 4.78 is 70.8. The molecule has 2 aromatic rings. The number of hydrogen-bond acceptors (Lipinski definition) is 1. The van der Waals surface area contributed by atoms with Gasteiger partial charge in [0, 0.05) is 5.92 Å². The number of aryl methyl sites for hydroxylation is 2. The average Bonchev–Trinajstić information content (AvgIpc) is 2.74. The van der Waals surface area contributed by atoms with E-state index in [0.29, 0.717) is 24.3 Å². The standard InChI is InChI=1S/C26H27F5O/c1-2-3-20-15-22(27)21(23(28)16-20)12-10-18-6-4-17(5-7-18)8-9-19-11-13-25(24(29)14-19)32-26(30)31/h11,13-18,26H,2-9H2,1H3. The highest BCUT2D eigenvalue weighted by Gasteiger charge is 2.20. The molecule has 6 heteroatoms. The summed E-state index contributed by atoms with van der Waals surface area (Å²) in [5.41, 5.74) is 1.22. The van der Waals surface area contributed by atoms with Gasteiger partial charge in [-0.3, -0.25) is 0 Å². The van der Waals surface area contributed by atoms with E-state index in [0.717, 1.165) is 44.1 Å². The van der Waals surface area contributed by atoms with Crippen LogP contribution < -0.4 is 4.74 Å². The Labute approximate surface area is 186 Å². The molecule has 0 amide bonds. The monoisotopic (exact) mass is 450 g/mol. The summed E-state index contributed by atoms with van der Waals surface area (Å²) in [6.45, 7) is -1.10. The number of rotatable bonds is 7. The van der Waals surface area contributed by atoms with Gasteiger partial charge in [0.25, 0.3) is 0 Å². The van der Waals surface area contributed by atoms with Gasteiger partial charge in [0.1, 0.15) is 11.6 Å². The van der Waals surface area contributed by atoms with Gasteiger partial charge in [-0.1, -0.05) is 31.3 Å². The smallest absolute Gasteiger partial charge is 0.387 e. The zero-order valence-corrected chi connectivity index (χ0v) is 18.1. The van der Waals surface area contributed by atoms with Crippen LogP contribution in [0.5, 0.6) is 5.75 Å². The number of alkyl halides is 2. The quantitative estimate of drug-likeness (QED) is 0.314. The summed E-state index contributed by atoms with van der Waals surface area (Å²) in [7, 11) is 0. The van der Waals surface area contributed by atoms with Crippen molar-refractivity contribution in [1.29, 1.82) is 0 Å². The third-order valence-electron chi connectivity index (χ3n) is 5.94. The van der Waals surface area contributed by atoms with Gasteiger partial charge in [-0.2, -0.15) is 8.78 Å². The molecule has 0 radical (unpaired) electrons. The van der Waals surface area contributed by atoms with Crippen LogP contribution in [0.1, 0.15) is 62.1 Å². The Morgan fingerprint density at radius 3 is 2.16 bits per heavy atom. The summed E-state index contributed by atoms with van der Waals surface area (Å²) >= 11 is 0. The molecule has 0 aromatic heterocycles. The second-order valence-corrected chi connectivity index (χ2v) is 8.35. The molecule has 0 atom stereocenters. The number of halogens is 5. The maximum atomic E-state index is 14.2. The predicted molar refractivity (Wildman–Crippen MR) is 114 cm³/mol. The van der Waals surface area contributed by atoms with E-state index in [4.69, 9.17) is 0 Å². The lowest BCUT2D eigenvalue weighted by Gasteiger charge is -2.25. The molecule has 0 bridgehead atoms. The molecule has 1 aliphatic rings. The van der Waals surface area contributed by atoms with Crippen LogP contribution in [0.3, 0.4) is 0 Å². The number of ether oxygens (including phenoxy) is 1. The maximum Gasteiger partial charge on any atom is 0.387 e. The van der Waals surface area contributed by atoms with E-state index in [9.17, 15) is 22.0 Å². The second-order valence-electron chi connectivity index (χ2n) is 8.35. The summed E-state index contributed by atoms with van der Waals surface area (Å²) in [6, 6.07) is 6.80. The lowest BCUT2D eigenvalue weighted by atomic mass is 9.79. The molecule has 0 N–H and O–H groups in total. The van der Waals surface area contributed by atoms with Gasteiger partial charge >= 0.3 is 6.61 Å². The minimum atomic E-state index is -3.05. The van der Waals surface area contributed by atoms with Crippen molar-refractivity contribution >= 4 is 0 Å². The summed E-state index contributed by atoms with van der Waals surface area (Å²) in [4.78, 5) is 0. The van der Waals surface area contributed by atoms with Crippen molar-refractivity contribution in [3.05, 3.63) is 64.5 Å². The van der Waals surface area contributed by atoms with Crippen LogP contribution in [0.2, 0.25) is 0 Å². The van der Waals surface area contributed by atoms with Crippen molar-refractivity contribution < 1.29 is 26.7 Å². The van der Waals surface area contributed by atoms with Crippen molar-refractivity contribution in [2.24, 2.45) is 11.8 Å². The van der Waals surface area contributed by atoms with E-state index in [1.807, 2.05) is 6.92 Å². The van der Waals surface area contributed by atoms with Gasteiger partial charge < -0.3 is 4.74 Å². The fraction of sp³-hybridized carbons (Fsp3) is 0.462. The molecule has 2 aromatic carbocycles. The molecule has 3 rings (SSSR count). The first kappa shape index (κ1) is 24.1. The normalized spacial score (nSPS) is 18.3. The average molecular weight is 450 g/mol. The van der Waals surface area contributed by atoms with Gasteiger partial charge in [0.15, 0.2) is 11.6 Å². The number of hydrogen-bond donors (Lipinski definition) is 0. The highest BCUT2D eigenvalue weighted by Crippen LogP contribution is 2.32. The van der Waals surface area contributed by atoms with Crippen LogP contribution in [-0.2, 0) is 12.8 Å². The Morgan fingerprint density at radius 1 is 0.906 bits per heavy atom. The van der Waals surface area contributed by atoms with Crippen LogP contribution in [0.4, 0.5) is 22.0 Å². The van der Waals surface area contributed by atoms with Gasteiger partial charge in [-0.05, 0) is 86.3 Å². The largest absolute Gasteiger partial charge is 0.432 e. The van der Waals surface area contributed by atoms with Crippen LogP contribution in [0.15, 0.2) is 30.3 Å². The molecule has 0 spiro atoms. The third-order valence-corrected chi connectivity index (χ3v) is 5.94. The Hall–Kier alpha value is -2.55. The van der Waals surface area contributed by atoms with Crippen LogP contribution in [0.25, 0.3) is 0 Å². The minimum Gasteiger partial charge on any atom is -0.432 e. The first-order valence-electron chi connectivity index (χ1n) is 11.1. The van der Waals surface area contributed by atoms with Crippen molar-refractivity contribution in [2.45, 2.75) is 64.9 Å². The highest BCUT2D eigenvalue weighted by molar-refractivity contribution is 5.39. The molecule has 0 heterocycles. The fourth-order valence-electron chi connectivity index (χ4n) is 4.21. The highest BCUT2D eigenvalue weighted by atomic mass is 19.3. The van der Waals surface area contributed by atoms with E-state index in [1.54, 1.807) is 6.07 Å². The lowest BCUT2D eigenvalue weighted by Crippen LogP contribution is -2.14. The molecular formula is C26H27F5O. The summed E-state index contributed by atoms with van der Waals surface area (Å²) in [5, 5.41) is 0. The third kappa shape index (κ3) is 6.72. The molecular weight excluding hydrogens is 423 g/mol. The van der Waals surface area contributed by atoms with E-state index >= 15 is 0 Å². The second kappa shape index (κ2) is 11.4. The minimum absolute atomic E-state index is 0.101. The van der Waals surface area contributed by atoms with Crippen LogP contribution >= 0.6 is 0 Å². The molecule has 0 saturated heterocycles. The predicted octanol–water partition coefficient (Wildman–Crippen LogP) is 7.45. The Morgan fingerprint density at radius 2 is 1.56 bits per heavy atom. The zero-order valence-electron chi connectivity index (χ0n) is 18.1. The van der Waals surface area contributed by atoms with Crippen LogP contribution in [-0.4, -0.2) is 6.61 Å². The van der Waals surface area contributed by atoms with Crippen molar-refractivity contribution in [1.82, 2.24) is 0 Å². The molecule has 1 nitrogen and oxygen atoms in total. The van der Waals surface area contributed by atoms with Gasteiger partial charge in [-0.15, -0.1) is 0 Å². The fourth-order valence-corrected chi connectivity index (χ4v) is 4.21. The van der Waals surface area contributed by atoms with Gasteiger partial charge in [-0.25, -0.2) is 13.2 Å². The van der Waals surface area contributed by atoms with Crippen molar-refractivity contribution in [3.63, 3.8) is 0 Å². The lowest BCUT2D eigenvalue weighted by molar-refractivity contribution is -0.0522. The Kier molecular flexibility index (Phi) is 8.55. The van der Waals surface area contributed by atoms with Crippen molar-refractivity contribution in [2.75, 3.05) is 0 Å². The van der Waals surface area contributed by atoms with Crippen molar-refractivity contribution in [3.8, 4) is 17.6 Å². The maximum absolute atomic E-state index is 14.2. The van der Waals surface area contributed by atoms with E-state index in [1.165, 1.54) is 24.3 Å². The van der Waals surface area contributed by atoms with E-state index in [2.05, 4.69) is 16.6 Å². The van der Waals surface area contributed by atoms with E-state index < -0.39 is 29.8 Å². The molecule has 0 aliphatic heterocycles. The van der Waals surface area contributed by atoms with E-state index in [-0.39, 0.29) is 11.5 Å². The van der Waals surface area contributed by atoms with Gasteiger partial charge in [0.05, 0.1) is 5.56 Å². The molecule has 172 valence electrons. The molecule has 1 aliphatic carbocycles. The number of benzene rings is 2. The molecule has 1 saturated carbocycles. The first-order chi connectivity index (χ1) is 15.4. The Bertz CT molecular complexity index is 945. The Balaban J connectivity index is 1.50. The first-order valence-corrected chi connectivity index (χ1v) is 11.1.